The molecule has 5 nitrogen and oxygen atoms in total. The van der Waals surface area contributed by atoms with E-state index in [0.29, 0.717) is 11.4 Å². The Labute approximate surface area is 222 Å². The fraction of sp³-hybridized carbons (Fsp3) is 0.231. The van der Waals surface area contributed by atoms with Gasteiger partial charge in [-0.1, -0.05) is 23.4 Å². The molecule has 1 amide bonds. The number of amidine groups is 1. The molecule has 2 aliphatic rings. The molecule has 0 N–H and O–H groups in total. The fourth-order valence-corrected chi connectivity index (χ4v) is 7.07. The molecule has 0 spiro atoms. The number of thioether (sulfide) groups is 1. The summed E-state index contributed by atoms with van der Waals surface area (Å²) < 4.78 is 6.60. The van der Waals surface area contributed by atoms with Crippen LogP contribution in [0.5, 0.6) is 0 Å². The largest absolute Gasteiger partial charge is 0.378 e. The second kappa shape index (κ2) is 11.2. The average molecular weight is 542 g/mol. The molecule has 2 fully saturated rings. The number of ether oxygens (including phenoxy) is 1. The molecule has 35 heavy (non-hydrogen) atoms. The van der Waals surface area contributed by atoms with Gasteiger partial charge < -0.3 is 9.64 Å². The van der Waals surface area contributed by atoms with E-state index >= 15 is 0 Å². The van der Waals surface area contributed by atoms with Crippen LogP contribution in [-0.4, -0.2) is 48.8 Å². The van der Waals surface area contributed by atoms with Crippen LogP contribution in [0.3, 0.4) is 0 Å². The summed E-state index contributed by atoms with van der Waals surface area (Å²) in [6.07, 6.45) is 1.97. The molecule has 0 unspecified atom stereocenters. The molecule has 180 valence electrons. The van der Waals surface area contributed by atoms with Crippen molar-refractivity contribution in [2.45, 2.75) is 16.0 Å². The summed E-state index contributed by atoms with van der Waals surface area (Å²) in [5.41, 5.74) is 2.01. The molecule has 3 aromatic rings. The number of amides is 1. The van der Waals surface area contributed by atoms with E-state index in [1.807, 2.05) is 49.4 Å². The summed E-state index contributed by atoms with van der Waals surface area (Å²) >= 11 is 10.8. The standard InChI is InChI=1S/C26H24ClN3O2S3/c1-2-30-25(31)23(17-22-11-12-24(34-22)33-21-9-3-18(27)4-10-21)35-26(30)28-19-5-7-20(8-6-19)29-13-15-32-16-14-29/h3-12,17H,2,13-16H2,1H3/b23-17+,28-26?. The lowest BCUT2D eigenvalue weighted by atomic mass is 10.2. The number of thiophene rings is 1. The predicted octanol–water partition coefficient (Wildman–Crippen LogP) is 7.01. The van der Waals surface area contributed by atoms with E-state index in [1.54, 1.807) is 28.0 Å². The maximum atomic E-state index is 13.1. The number of hydrogen-bond donors (Lipinski definition) is 0. The van der Waals surface area contributed by atoms with Crippen LogP contribution in [0.25, 0.3) is 6.08 Å². The van der Waals surface area contributed by atoms with E-state index in [0.717, 1.165) is 56.2 Å². The molecule has 5 rings (SSSR count). The summed E-state index contributed by atoms with van der Waals surface area (Å²) in [5.74, 6) is 0.00138. The lowest BCUT2D eigenvalue weighted by Crippen LogP contribution is -2.36. The van der Waals surface area contributed by atoms with Gasteiger partial charge in [-0.05, 0) is 85.4 Å². The van der Waals surface area contributed by atoms with Crippen LogP contribution in [0.4, 0.5) is 11.4 Å². The molecule has 1 aromatic heterocycles. The lowest BCUT2D eigenvalue weighted by Gasteiger charge is -2.28. The van der Waals surface area contributed by atoms with Gasteiger partial charge in [0.1, 0.15) is 0 Å². The smallest absolute Gasteiger partial charge is 0.266 e. The highest BCUT2D eigenvalue weighted by Crippen LogP contribution is 2.38. The second-order valence-corrected chi connectivity index (χ2v) is 11.8. The summed E-state index contributed by atoms with van der Waals surface area (Å²) in [7, 11) is 0. The normalized spacial score (nSPS) is 18.7. The third-order valence-corrected chi connectivity index (χ3v) is 8.99. The lowest BCUT2D eigenvalue weighted by molar-refractivity contribution is -0.122. The molecule has 0 saturated carbocycles. The van der Waals surface area contributed by atoms with Crippen molar-refractivity contribution in [3.05, 3.63) is 75.5 Å². The number of aliphatic imine (C=N–C) groups is 1. The molecule has 0 radical (unpaired) electrons. The molecular formula is C26H24ClN3O2S3. The summed E-state index contributed by atoms with van der Waals surface area (Å²) in [6, 6.07) is 20.1. The van der Waals surface area contributed by atoms with Gasteiger partial charge >= 0.3 is 0 Å². The number of likely N-dealkylation sites (N-methyl/N-ethyl adjacent to an activating group) is 1. The topological polar surface area (TPSA) is 45.1 Å². The summed E-state index contributed by atoms with van der Waals surface area (Å²) in [6.45, 7) is 5.88. The highest BCUT2D eigenvalue weighted by Gasteiger charge is 2.32. The molecule has 2 aromatic carbocycles. The van der Waals surface area contributed by atoms with Crippen molar-refractivity contribution >= 4 is 75.0 Å². The van der Waals surface area contributed by atoms with Gasteiger partial charge in [-0.2, -0.15) is 0 Å². The molecule has 2 saturated heterocycles. The second-order valence-electron chi connectivity index (χ2n) is 7.88. The van der Waals surface area contributed by atoms with Gasteiger partial charge in [0.25, 0.3) is 5.91 Å². The zero-order chi connectivity index (χ0) is 24.2. The predicted molar refractivity (Wildman–Crippen MR) is 149 cm³/mol. The van der Waals surface area contributed by atoms with Gasteiger partial charge in [0, 0.05) is 40.1 Å². The van der Waals surface area contributed by atoms with Crippen molar-refractivity contribution in [3.8, 4) is 0 Å². The number of rotatable bonds is 6. The Kier molecular flexibility index (Phi) is 7.84. The van der Waals surface area contributed by atoms with Crippen LogP contribution in [0.2, 0.25) is 5.02 Å². The van der Waals surface area contributed by atoms with Gasteiger partial charge in [-0.15, -0.1) is 11.3 Å². The molecule has 9 heteroatoms. The first-order chi connectivity index (χ1) is 17.1. The van der Waals surface area contributed by atoms with Crippen molar-refractivity contribution in [3.63, 3.8) is 0 Å². The Morgan fingerprint density at radius 2 is 1.80 bits per heavy atom. The Hall–Kier alpha value is -2.23. The molecule has 0 atom stereocenters. The number of benzene rings is 2. The maximum Gasteiger partial charge on any atom is 0.266 e. The summed E-state index contributed by atoms with van der Waals surface area (Å²) in [4.78, 5) is 24.8. The minimum Gasteiger partial charge on any atom is -0.378 e. The van der Waals surface area contributed by atoms with Crippen molar-refractivity contribution < 1.29 is 9.53 Å². The van der Waals surface area contributed by atoms with E-state index < -0.39 is 0 Å². The van der Waals surface area contributed by atoms with Gasteiger partial charge in [0.2, 0.25) is 0 Å². The monoisotopic (exact) mass is 541 g/mol. The first-order valence-corrected chi connectivity index (χ1v) is 14.2. The summed E-state index contributed by atoms with van der Waals surface area (Å²) in [5, 5.41) is 1.45. The van der Waals surface area contributed by atoms with Crippen LogP contribution in [0.1, 0.15) is 11.8 Å². The van der Waals surface area contributed by atoms with E-state index in [2.05, 4.69) is 29.2 Å². The molecule has 0 bridgehead atoms. The number of carbonyl (C=O) groups is 1. The SMILES string of the molecule is CCN1C(=O)/C(=C\c2ccc(Sc3ccc(Cl)cc3)s2)SC1=Nc1ccc(N2CCOCC2)cc1. The number of carbonyl (C=O) groups excluding carboxylic acids is 1. The Balaban J connectivity index is 1.30. The van der Waals surface area contributed by atoms with Crippen LogP contribution in [0.15, 0.2) is 79.7 Å². The molecule has 0 aliphatic carbocycles. The van der Waals surface area contributed by atoms with E-state index in [1.165, 1.54) is 17.4 Å². The number of anilines is 1. The third-order valence-electron chi connectivity index (χ3n) is 5.56. The minimum absolute atomic E-state index is 0.00138. The van der Waals surface area contributed by atoms with Gasteiger partial charge in [-0.25, -0.2) is 4.99 Å². The third kappa shape index (κ3) is 5.95. The zero-order valence-corrected chi connectivity index (χ0v) is 22.4. The van der Waals surface area contributed by atoms with Crippen LogP contribution < -0.4 is 4.90 Å². The van der Waals surface area contributed by atoms with Crippen molar-refractivity contribution in [2.24, 2.45) is 4.99 Å². The number of morpholine rings is 1. The number of nitrogens with zero attached hydrogens (tertiary/aromatic N) is 3. The Morgan fingerprint density at radius 3 is 2.51 bits per heavy atom. The van der Waals surface area contributed by atoms with Gasteiger partial charge in [0.15, 0.2) is 5.17 Å². The van der Waals surface area contributed by atoms with Gasteiger partial charge in [0.05, 0.1) is 28.0 Å². The zero-order valence-electron chi connectivity index (χ0n) is 19.1. The van der Waals surface area contributed by atoms with E-state index in [9.17, 15) is 4.79 Å². The first-order valence-electron chi connectivity index (χ1n) is 11.3. The Bertz CT molecular complexity index is 1250. The number of hydrogen-bond acceptors (Lipinski definition) is 7. The van der Waals surface area contributed by atoms with Crippen LogP contribution >= 0.6 is 46.5 Å². The molecule has 3 heterocycles. The van der Waals surface area contributed by atoms with E-state index in [-0.39, 0.29) is 5.91 Å². The van der Waals surface area contributed by atoms with Gasteiger partial charge in [-0.3, -0.25) is 9.69 Å². The van der Waals surface area contributed by atoms with Crippen LogP contribution in [-0.2, 0) is 9.53 Å². The minimum atomic E-state index is 0.00138. The Morgan fingerprint density at radius 1 is 1.06 bits per heavy atom. The average Bonchev–Trinajstić information content (AvgIpc) is 3.44. The molecular weight excluding hydrogens is 518 g/mol. The number of halogens is 1. The highest BCUT2D eigenvalue weighted by atomic mass is 35.5. The molecule has 2 aliphatic heterocycles. The van der Waals surface area contributed by atoms with E-state index in [4.69, 9.17) is 21.3 Å². The van der Waals surface area contributed by atoms with Crippen LogP contribution in [0, 0.1) is 0 Å². The van der Waals surface area contributed by atoms with Crippen molar-refractivity contribution in [2.75, 3.05) is 37.7 Å². The highest BCUT2D eigenvalue weighted by molar-refractivity contribution is 8.18. The van der Waals surface area contributed by atoms with Crippen molar-refractivity contribution in [1.29, 1.82) is 0 Å². The quantitative estimate of drug-likeness (QED) is 0.314. The first kappa shape index (κ1) is 24.5. The van der Waals surface area contributed by atoms with Crippen molar-refractivity contribution in [1.82, 2.24) is 4.90 Å². The maximum absolute atomic E-state index is 13.1. The fourth-order valence-electron chi connectivity index (χ4n) is 3.76.